The van der Waals surface area contributed by atoms with E-state index < -0.39 is 5.97 Å². The van der Waals surface area contributed by atoms with Gasteiger partial charge in [-0.1, -0.05) is 50.2 Å². The molecule has 4 nitrogen and oxygen atoms in total. The molecule has 0 amide bonds. The third kappa shape index (κ3) is 3.85. The van der Waals surface area contributed by atoms with Gasteiger partial charge in [0.1, 0.15) is 0 Å². The monoisotopic (exact) mass is 299 g/mol. The van der Waals surface area contributed by atoms with Crippen molar-refractivity contribution in [2.24, 2.45) is 5.92 Å². The Labute approximate surface area is 130 Å². The molecule has 0 fully saturated rings. The third-order valence-corrected chi connectivity index (χ3v) is 3.48. The summed E-state index contributed by atoms with van der Waals surface area (Å²) in [7, 11) is 0. The number of aromatic nitrogens is 1. The normalized spacial score (nSPS) is 10.9. The van der Waals surface area contributed by atoms with E-state index in [1.807, 2.05) is 36.4 Å². The van der Waals surface area contributed by atoms with Crippen molar-refractivity contribution >= 4 is 5.97 Å². The molecule has 4 heteroatoms. The first-order valence-corrected chi connectivity index (χ1v) is 7.49. The number of carboxylic acids is 1. The van der Waals surface area contributed by atoms with Crippen LogP contribution < -0.4 is 5.56 Å². The van der Waals surface area contributed by atoms with E-state index in [9.17, 15) is 9.59 Å². The summed E-state index contributed by atoms with van der Waals surface area (Å²) in [4.78, 5) is 23.4. The predicted molar refractivity (Wildman–Crippen MR) is 86.9 cm³/mol. The van der Waals surface area contributed by atoms with Crippen LogP contribution in [-0.4, -0.2) is 15.6 Å². The lowest BCUT2D eigenvalue weighted by atomic mass is 10.1. The Bertz CT molecular complexity index is 702. The largest absolute Gasteiger partial charge is 0.481 e. The minimum Gasteiger partial charge on any atom is -0.481 e. The van der Waals surface area contributed by atoms with Gasteiger partial charge in [0.15, 0.2) is 0 Å². The van der Waals surface area contributed by atoms with E-state index in [1.165, 1.54) is 0 Å². The van der Waals surface area contributed by atoms with Gasteiger partial charge in [-0.3, -0.25) is 9.59 Å². The average molecular weight is 299 g/mol. The summed E-state index contributed by atoms with van der Waals surface area (Å²) in [5, 5.41) is 8.80. The molecule has 0 radical (unpaired) electrons. The molecule has 0 bridgehead atoms. The van der Waals surface area contributed by atoms with Gasteiger partial charge in [0.25, 0.3) is 5.56 Å². The lowest BCUT2D eigenvalue weighted by Gasteiger charge is -2.16. The second kappa shape index (κ2) is 7.07. The molecule has 0 aliphatic carbocycles. The molecule has 0 aliphatic rings. The van der Waals surface area contributed by atoms with Crippen LogP contribution in [0.1, 0.15) is 25.8 Å². The fourth-order valence-electron chi connectivity index (χ4n) is 2.46. The smallest absolute Gasteiger partial charge is 0.303 e. The summed E-state index contributed by atoms with van der Waals surface area (Å²) >= 11 is 0. The van der Waals surface area contributed by atoms with Gasteiger partial charge in [0.05, 0.1) is 5.69 Å². The highest BCUT2D eigenvalue weighted by Gasteiger charge is 2.12. The molecule has 2 aromatic rings. The highest BCUT2D eigenvalue weighted by atomic mass is 16.4. The Kier molecular flexibility index (Phi) is 5.15. The number of aliphatic carboxylic acids is 1. The zero-order valence-corrected chi connectivity index (χ0v) is 13.0. The maximum atomic E-state index is 12.7. The molecule has 0 unspecified atom stereocenters. The third-order valence-electron chi connectivity index (χ3n) is 3.48. The number of carbonyl (C=O) groups is 1. The van der Waals surface area contributed by atoms with E-state index in [0.717, 1.165) is 11.3 Å². The van der Waals surface area contributed by atoms with Crippen molar-refractivity contribution in [3.63, 3.8) is 0 Å². The Morgan fingerprint density at radius 3 is 2.41 bits per heavy atom. The van der Waals surface area contributed by atoms with E-state index in [0.29, 0.717) is 18.0 Å². The number of hydrogen-bond donors (Lipinski definition) is 1. The van der Waals surface area contributed by atoms with E-state index >= 15 is 0 Å². The summed E-state index contributed by atoms with van der Waals surface area (Å²) in [6.07, 6.45) is 0.239. The van der Waals surface area contributed by atoms with Gasteiger partial charge in [-0.25, -0.2) is 0 Å². The van der Waals surface area contributed by atoms with Crippen LogP contribution in [0.2, 0.25) is 0 Å². The molecule has 2 rings (SSSR count). The first-order chi connectivity index (χ1) is 10.5. The van der Waals surface area contributed by atoms with Gasteiger partial charge in [0.2, 0.25) is 0 Å². The van der Waals surface area contributed by atoms with E-state index in [2.05, 4.69) is 13.8 Å². The molecule has 1 heterocycles. The first kappa shape index (κ1) is 16.0. The maximum absolute atomic E-state index is 12.7. The van der Waals surface area contributed by atoms with Gasteiger partial charge in [-0.15, -0.1) is 0 Å². The van der Waals surface area contributed by atoms with Gasteiger partial charge < -0.3 is 9.67 Å². The Hall–Kier alpha value is -2.36. The van der Waals surface area contributed by atoms with Crippen molar-refractivity contribution in [2.75, 3.05) is 0 Å². The van der Waals surface area contributed by atoms with Gasteiger partial charge in [-0.05, 0) is 24.0 Å². The molecule has 1 N–H and O–H groups in total. The topological polar surface area (TPSA) is 59.3 Å². The number of nitrogens with zero attached hydrogens (tertiary/aromatic N) is 1. The molecule has 0 aliphatic heterocycles. The van der Waals surface area contributed by atoms with Crippen molar-refractivity contribution < 1.29 is 9.90 Å². The molecule has 0 saturated heterocycles. The number of aryl methyl sites for hydroxylation is 1. The van der Waals surface area contributed by atoms with Gasteiger partial charge in [-0.2, -0.15) is 0 Å². The number of benzene rings is 1. The van der Waals surface area contributed by atoms with Crippen LogP contribution in [0.5, 0.6) is 0 Å². The zero-order chi connectivity index (χ0) is 16.1. The number of hydrogen-bond acceptors (Lipinski definition) is 2. The summed E-state index contributed by atoms with van der Waals surface area (Å²) in [5.74, 6) is -0.558. The van der Waals surface area contributed by atoms with E-state index in [4.69, 9.17) is 5.11 Å². The van der Waals surface area contributed by atoms with Gasteiger partial charge >= 0.3 is 5.97 Å². The van der Waals surface area contributed by atoms with Crippen LogP contribution in [0.25, 0.3) is 11.3 Å². The van der Waals surface area contributed by atoms with Crippen LogP contribution in [0.4, 0.5) is 0 Å². The molecular formula is C18H21NO3. The summed E-state index contributed by atoms with van der Waals surface area (Å²) in [6.45, 7) is 4.74. The Balaban J connectivity index is 2.48. The van der Waals surface area contributed by atoms with Gasteiger partial charge in [0, 0.05) is 18.5 Å². The highest BCUT2D eigenvalue weighted by molar-refractivity contribution is 5.67. The quantitative estimate of drug-likeness (QED) is 0.891. The molecule has 22 heavy (non-hydrogen) atoms. The SMILES string of the molecule is CC(C)Cn1c(-c2ccccc2)ccc(CCC(=O)O)c1=O. The number of carboxylic acid groups (broad SMARTS) is 1. The average Bonchev–Trinajstić information content (AvgIpc) is 2.48. The maximum Gasteiger partial charge on any atom is 0.303 e. The van der Waals surface area contributed by atoms with Crippen molar-refractivity contribution in [2.45, 2.75) is 33.2 Å². The van der Waals surface area contributed by atoms with Crippen molar-refractivity contribution in [3.8, 4) is 11.3 Å². The van der Waals surface area contributed by atoms with Crippen LogP contribution in [0.3, 0.4) is 0 Å². The fraction of sp³-hybridized carbons (Fsp3) is 0.333. The van der Waals surface area contributed by atoms with E-state index in [1.54, 1.807) is 10.6 Å². The summed E-state index contributed by atoms with van der Waals surface area (Å²) < 4.78 is 1.76. The highest BCUT2D eigenvalue weighted by Crippen LogP contribution is 2.19. The second-order valence-electron chi connectivity index (χ2n) is 5.81. The molecular weight excluding hydrogens is 278 g/mol. The van der Waals surface area contributed by atoms with E-state index in [-0.39, 0.29) is 18.4 Å². The van der Waals surface area contributed by atoms with Crippen LogP contribution in [0.15, 0.2) is 47.3 Å². The fourth-order valence-corrected chi connectivity index (χ4v) is 2.46. The minimum absolute atomic E-state index is 0.0262. The molecule has 0 atom stereocenters. The van der Waals surface area contributed by atoms with Crippen molar-refractivity contribution in [3.05, 3.63) is 58.4 Å². The second-order valence-corrected chi connectivity index (χ2v) is 5.81. The Morgan fingerprint density at radius 1 is 1.14 bits per heavy atom. The molecule has 1 aromatic carbocycles. The molecule has 1 aromatic heterocycles. The zero-order valence-electron chi connectivity index (χ0n) is 13.0. The number of rotatable bonds is 6. The van der Waals surface area contributed by atoms with Crippen molar-refractivity contribution in [1.82, 2.24) is 4.57 Å². The number of pyridine rings is 1. The summed E-state index contributed by atoms with van der Waals surface area (Å²) in [5.41, 5.74) is 2.34. The van der Waals surface area contributed by atoms with Crippen LogP contribution >= 0.6 is 0 Å². The lowest BCUT2D eigenvalue weighted by molar-refractivity contribution is -0.136. The molecule has 0 saturated carbocycles. The molecule has 116 valence electrons. The lowest BCUT2D eigenvalue weighted by Crippen LogP contribution is -2.27. The molecule has 0 spiro atoms. The summed E-state index contributed by atoms with van der Waals surface area (Å²) in [6, 6.07) is 13.4. The standard InChI is InChI=1S/C18H21NO3/c1-13(2)12-19-16(14-6-4-3-5-7-14)10-8-15(18(19)22)9-11-17(20)21/h3-8,10,13H,9,11-12H2,1-2H3,(H,20,21). The van der Waals surface area contributed by atoms with Crippen LogP contribution in [0, 0.1) is 5.92 Å². The Morgan fingerprint density at radius 2 is 1.82 bits per heavy atom. The minimum atomic E-state index is -0.887. The first-order valence-electron chi connectivity index (χ1n) is 7.49. The van der Waals surface area contributed by atoms with Crippen molar-refractivity contribution in [1.29, 1.82) is 0 Å². The predicted octanol–water partition coefficient (Wildman–Crippen LogP) is 3.19. The van der Waals surface area contributed by atoms with Crippen LogP contribution in [-0.2, 0) is 17.8 Å².